The molecule has 0 aliphatic heterocycles. The maximum absolute atomic E-state index is 12.9. The number of hydrogen-bond acceptors (Lipinski definition) is 7. The average molecular weight is 401 g/mol. The highest BCUT2D eigenvalue weighted by Crippen LogP contribution is 2.26. The molecule has 0 bridgehead atoms. The number of benzene rings is 2. The summed E-state index contributed by atoms with van der Waals surface area (Å²) in [5, 5.41) is 22.2. The van der Waals surface area contributed by atoms with E-state index in [1.54, 1.807) is 19.9 Å². The van der Waals surface area contributed by atoms with Gasteiger partial charge in [-0.25, -0.2) is 4.79 Å². The molecular weight excluding hydrogens is 382 g/mol. The number of amides is 1. The maximum Gasteiger partial charge on any atom is 0.338 e. The van der Waals surface area contributed by atoms with Crippen molar-refractivity contribution in [2.24, 2.45) is 0 Å². The molecule has 0 aromatic heterocycles. The molecule has 0 saturated carbocycles. The highest BCUT2D eigenvalue weighted by molar-refractivity contribution is 5.99. The molecular formula is C19H19N3O7. The van der Waals surface area contributed by atoms with Gasteiger partial charge >= 0.3 is 5.97 Å². The number of non-ortho nitro benzene ring substituents is 2. The summed E-state index contributed by atoms with van der Waals surface area (Å²) in [7, 11) is 1.47. The molecule has 0 aliphatic rings. The van der Waals surface area contributed by atoms with Crippen LogP contribution in [0.4, 0.5) is 11.4 Å². The molecule has 0 aliphatic carbocycles. The van der Waals surface area contributed by atoms with Crippen molar-refractivity contribution in [3.63, 3.8) is 0 Å². The first-order valence-electron chi connectivity index (χ1n) is 8.63. The number of nitro groups is 2. The van der Waals surface area contributed by atoms with E-state index in [1.807, 2.05) is 0 Å². The highest BCUT2D eigenvalue weighted by atomic mass is 16.6. The summed E-state index contributed by atoms with van der Waals surface area (Å²) in [6.07, 6.45) is 0. The first kappa shape index (κ1) is 21.5. The minimum Gasteiger partial charge on any atom is -0.462 e. The van der Waals surface area contributed by atoms with Crippen LogP contribution in [-0.4, -0.2) is 40.3 Å². The number of nitrogens with zero attached hydrogens (tertiary/aromatic N) is 3. The van der Waals surface area contributed by atoms with Crippen LogP contribution < -0.4 is 0 Å². The SMILES string of the molecule is CCOC(=O)c1cc(C(=O)N(C)[C@H](C)c2cccc([N+](=O)[O-])c2)cc([N+](=O)[O-])c1. The van der Waals surface area contributed by atoms with Crippen LogP contribution in [0.5, 0.6) is 0 Å². The fourth-order valence-corrected chi connectivity index (χ4v) is 2.67. The van der Waals surface area contributed by atoms with Gasteiger partial charge in [0.25, 0.3) is 17.3 Å². The average Bonchev–Trinajstić information content (AvgIpc) is 2.71. The molecule has 0 radical (unpaired) electrons. The van der Waals surface area contributed by atoms with E-state index in [1.165, 1.54) is 36.2 Å². The molecule has 2 rings (SSSR count). The third-order valence-electron chi connectivity index (χ3n) is 4.35. The fourth-order valence-electron chi connectivity index (χ4n) is 2.67. The monoisotopic (exact) mass is 401 g/mol. The highest BCUT2D eigenvalue weighted by Gasteiger charge is 2.24. The van der Waals surface area contributed by atoms with E-state index < -0.39 is 33.5 Å². The normalized spacial score (nSPS) is 11.4. The molecule has 2 aromatic carbocycles. The predicted octanol–water partition coefficient (Wildman–Crippen LogP) is 3.51. The van der Waals surface area contributed by atoms with Crippen molar-refractivity contribution in [1.82, 2.24) is 4.90 Å². The zero-order chi connectivity index (χ0) is 21.7. The largest absolute Gasteiger partial charge is 0.462 e. The second-order valence-electron chi connectivity index (χ2n) is 6.19. The van der Waals surface area contributed by atoms with Crippen LogP contribution in [0.1, 0.15) is 46.2 Å². The van der Waals surface area contributed by atoms with Gasteiger partial charge in [-0.1, -0.05) is 12.1 Å². The summed E-state index contributed by atoms with van der Waals surface area (Å²) in [5.41, 5.74) is -0.195. The number of carbonyl (C=O) groups excluding carboxylic acids is 2. The standard InChI is InChI=1S/C19H19N3O7/c1-4-29-19(24)15-8-14(10-17(11-15)22(27)28)18(23)20(3)12(2)13-6-5-7-16(9-13)21(25)26/h5-12H,4H2,1-3H3/t12-/m1/s1. The quantitative estimate of drug-likeness (QED) is 0.394. The van der Waals surface area contributed by atoms with Gasteiger partial charge in [-0.3, -0.25) is 25.0 Å². The van der Waals surface area contributed by atoms with E-state index >= 15 is 0 Å². The van der Waals surface area contributed by atoms with Gasteiger partial charge in [-0.2, -0.15) is 0 Å². The predicted molar refractivity (Wildman–Crippen MR) is 103 cm³/mol. The summed E-state index contributed by atoms with van der Waals surface area (Å²) in [5.74, 6) is -1.36. The Morgan fingerprint density at radius 3 is 2.24 bits per heavy atom. The minimum atomic E-state index is -0.778. The molecule has 0 fully saturated rings. The number of carbonyl (C=O) groups is 2. The van der Waals surface area contributed by atoms with Gasteiger partial charge in [0.2, 0.25) is 0 Å². The number of rotatable bonds is 7. The van der Waals surface area contributed by atoms with Crippen LogP contribution in [0, 0.1) is 20.2 Å². The van der Waals surface area contributed by atoms with E-state index in [-0.39, 0.29) is 23.4 Å². The smallest absolute Gasteiger partial charge is 0.338 e. The fraction of sp³-hybridized carbons (Fsp3) is 0.263. The van der Waals surface area contributed by atoms with Crippen LogP contribution in [0.15, 0.2) is 42.5 Å². The molecule has 1 amide bonds. The van der Waals surface area contributed by atoms with Crippen LogP contribution in [0.2, 0.25) is 0 Å². The third kappa shape index (κ3) is 4.92. The zero-order valence-corrected chi connectivity index (χ0v) is 16.0. The van der Waals surface area contributed by atoms with Crippen molar-refractivity contribution in [2.75, 3.05) is 13.7 Å². The van der Waals surface area contributed by atoms with Gasteiger partial charge < -0.3 is 9.64 Å². The molecule has 10 nitrogen and oxygen atoms in total. The van der Waals surface area contributed by atoms with Crippen molar-refractivity contribution in [3.8, 4) is 0 Å². The van der Waals surface area contributed by atoms with E-state index in [2.05, 4.69) is 0 Å². The molecule has 152 valence electrons. The summed E-state index contributed by atoms with van der Waals surface area (Å²) >= 11 is 0. The lowest BCUT2D eigenvalue weighted by molar-refractivity contribution is -0.385. The van der Waals surface area contributed by atoms with Gasteiger partial charge in [0, 0.05) is 36.9 Å². The van der Waals surface area contributed by atoms with Gasteiger partial charge in [0.15, 0.2) is 0 Å². The Labute approximate surface area is 166 Å². The summed E-state index contributed by atoms with van der Waals surface area (Å²) in [4.78, 5) is 47.1. The van der Waals surface area contributed by atoms with Crippen LogP contribution >= 0.6 is 0 Å². The van der Waals surface area contributed by atoms with Crippen molar-refractivity contribution in [3.05, 3.63) is 79.4 Å². The van der Waals surface area contributed by atoms with Gasteiger partial charge in [-0.15, -0.1) is 0 Å². The number of nitro benzene ring substituents is 2. The van der Waals surface area contributed by atoms with Crippen molar-refractivity contribution in [1.29, 1.82) is 0 Å². The Morgan fingerprint density at radius 1 is 1.03 bits per heavy atom. The lowest BCUT2D eigenvalue weighted by Gasteiger charge is -2.25. The first-order valence-corrected chi connectivity index (χ1v) is 8.63. The maximum atomic E-state index is 12.9. The Hall–Kier alpha value is -3.82. The van der Waals surface area contributed by atoms with E-state index in [0.29, 0.717) is 5.56 Å². The molecule has 0 unspecified atom stereocenters. The third-order valence-corrected chi connectivity index (χ3v) is 4.35. The van der Waals surface area contributed by atoms with Crippen LogP contribution in [-0.2, 0) is 4.74 Å². The van der Waals surface area contributed by atoms with Gasteiger partial charge in [0.05, 0.1) is 28.1 Å². The molecule has 2 aromatic rings. The van der Waals surface area contributed by atoms with Crippen molar-refractivity contribution in [2.45, 2.75) is 19.9 Å². The Balaban J connectivity index is 2.39. The lowest BCUT2D eigenvalue weighted by atomic mass is 10.0. The lowest BCUT2D eigenvalue weighted by Crippen LogP contribution is -2.30. The first-order chi connectivity index (χ1) is 13.6. The molecule has 0 N–H and O–H groups in total. The zero-order valence-electron chi connectivity index (χ0n) is 16.0. The van der Waals surface area contributed by atoms with Crippen LogP contribution in [0.25, 0.3) is 0 Å². The number of esters is 1. The summed E-state index contributed by atoms with van der Waals surface area (Å²) < 4.78 is 4.86. The van der Waals surface area contributed by atoms with Crippen molar-refractivity contribution >= 4 is 23.3 Å². The van der Waals surface area contributed by atoms with Gasteiger partial charge in [-0.05, 0) is 25.5 Å². The van der Waals surface area contributed by atoms with Crippen LogP contribution in [0.3, 0.4) is 0 Å². The summed E-state index contributed by atoms with van der Waals surface area (Å²) in [6, 6.07) is 8.61. The summed E-state index contributed by atoms with van der Waals surface area (Å²) in [6.45, 7) is 3.34. The Morgan fingerprint density at radius 2 is 1.66 bits per heavy atom. The van der Waals surface area contributed by atoms with Gasteiger partial charge in [0.1, 0.15) is 0 Å². The molecule has 1 atom stereocenters. The number of hydrogen-bond donors (Lipinski definition) is 0. The second kappa shape index (κ2) is 8.91. The topological polar surface area (TPSA) is 133 Å². The molecule has 10 heteroatoms. The second-order valence-corrected chi connectivity index (χ2v) is 6.19. The van der Waals surface area contributed by atoms with Crippen molar-refractivity contribution < 1.29 is 24.2 Å². The molecule has 0 heterocycles. The Bertz CT molecular complexity index is 974. The molecule has 29 heavy (non-hydrogen) atoms. The Kier molecular flexibility index (Phi) is 6.60. The van der Waals surface area contributed by atoms with E-state index in [9.17, 15) is 29.8 Å². The minimum absolute atomic E-state index is 0.0676. The number of ether oxygens (including phenoxy) is 1. The van der Waals surface area contributed by atoms with E-state index in [0.717, 1.165) is 12.1 Å². The molecule has 0 saturated heterocycles. The van der Waals surface area contributed by atoms with E-state index in [4.69, 9.17) is 4.74 Å². The molecule has 0 spiro atoms.